The lowest BCUT2D eigenvalue weighted by Crippen LogP contribution is -2.09. The second-order valence-corrected chi connectivity index (χ2v) is 3.31. The van der Waals surface area contributed by atoms with E-state index in [0.29, 0.717) is 17.0 Å². The van der Waals surface area contributed by atoms with E-state index in [0.717, 1.165) is 0 Å². The Labute approximate surface area is 93.0 Å². The van der Waals surface area contributed by atoms with Crippen LogP contribution in [0, 0.1) is 6.92 Å². The molecule has 5 nitrogen and oxygen atoms in total. The second kappa shape index (κ2) is 4.65. The van der Waals surface area contributed by atoms with Gasteiger partial charge in [-0.25, -0.2) is 4.79 Å². The molecule has 0 bridgehead atoms. The van der Waals surface area contributed by atoms with Crippen LogP contribution < -0.4 is 10.1 Å². The highest BCUT2D eigenvalue weighted by molar-refractivity contribution is 5.95. The lowest BCUT2D eigenvalue weighted by Gasteiger charge is -2.13. The van der Waals surface area contributed by atoms with Crippen LogP contribution >= 0.6 is 0 Å². The highest BCUT2D eigenvalue weighted by atomic mass is 16.5. The van der Waals surface area contributed by atoms with Crippen LogP contribution in [0.3, 0.4) is 0 Å². The fourth-order valence-corrected chi connectivity index (χ4v) is 1.47. The summed E-state index contributed by atoms with van der Waals surface area (Å²) in [7, 11) is 1.43. The number of methoxy groups -OCH3 is 1. The molecule has 0 aromatic heterocycles. The zero-order valence-corrected chi connectivity index (χ0v) is 9.33. The molecule has 1 rings (SSSR count). The molecule has 0 spiro atoms. The van der Waals surface area contributed by atoms with Crippen LogP contribution in [-0.2, 0) is 4.79 Å². The van der Waals surface area contributed by atoms with Gasteiger partial charge >= 0.3 is 5.97 Å². The second-order valence-electron chi connectivity index (χ2n) is 3.31. The molecule has 0 aliphatic carbocycles. The van der Waals surface area contributed by atoms with E-state index in [2.05, 4.69) is 5.32 Å². The first kappa shape index (κ1) is 12.0. The Morgan fingerprint density at radius 1 is 1.38 bits per heavy atom. The van der Waals surface area contributed by atoms with E-state index in [1.165, 1.54) is 26.2 Å². The highest BCUT2D eigenvalue weighted by Gasteiger charge is 2.15. The van der Waals surface area contributed by atoms with E-state index >= 15 is 0 Å². The van der Waals surface area contributed by atoms with Crippen LogP contribution in [-0.4, -0.2) is 24.1 Å². The maximum Gasteiger partial charge on any atom is 0.336 e. The van der Waals surface area contributed by atoms with E-state index in [-0.39, 0.29) is 11.5 Å². The van der Waals surface area contributed by atoms with Crippen molar-refractivity contribution in [3.8, 4) is 5.75 Å². The number of anilines is 1. The zero-order chi connectivity index (χ0) is 12.3. The number of aromatic carboxylic acids is 1. The number of rotatable bonds is 3. The topological polar surface area (TPSA) is 75.6 Å². The Morgan fingerprint density at radius 2 is 2.00 bits per heavy atom. The first-order valence-corrected chi connectivity index (χ1v) is 4.65. The van der Waals surface area contributed by atoms with Crippen molar-refractivity contribution in [3.05, 3.63) is 23.3 Å². The molecule has 0 aliphatic rings. The van der Waals surface area contributed by atoms with Crippen LogP contribution in [0.2, 0.25) is 0 Å². The van der Waals surface area contributed by atoms with Gasteiger partial charge in [0, 0.05) is 12.5 Å². The third-order valence-corrected chi connectivity index (χ3v) is 2.15. The summed E-state index contributed by atoms with van der Waals surface area (Å²) in [5, 5.41) is 11.5. The van der Waals surface area contributed by atoms with Crippen LogP contribution in [0.1, 0.15) is 22.8 Å². The van der Waals surface area contributed by atoms with E-state index in [1.807, 2.05) is 0 Å². The third-order valence-electron chi connectivity index (χ3n) is 2.15. The fraction of sp³-hybridized carbons (Fsp3) is 0.273. The molecule has 0 unspecified atom stereocenters. The summed E-state index contributed by atoms with van der Waals surface area (Å²) in [5.41, 5.74) is 1.12. The number of carbonyl (C=O) groups is 2. The summed E-state index contributed by atoms with van der Waals surface area (Å²) in [6, 6.07) is 2.95. The molecule has 0 heterocycles. The molecule has 1 aromatic rings. The van der Waals surface area contributed by atoms with Crippen molar-refractivity contribution in [1.82, 2.24) is 0 Å². The third kappa shape index (κ3) is 2.31. The number of nitrogens with one attached hydrogen (secondary N) is 1. The van der Waals surface area contributed by atoms with Crippen LogP contribution in [0.5, 0.6) is 5.75 Å². The van der Waals surface area contributed by atoms with Gasteiger partial charge in [-0.2, -0.15) is 0 Å². The van der Waals surface area contributed by atoms with Crippen molar-refractivity contribution in [2.45, 2.75) is 13.8 Å². The maximum absolute atomic E-state index is 10.9. The van der Waals surface area contributed by atoms with Gasteiger partial charge in [0.2, 0.25) is 5.91 Å². The minimum atomic E-state index is -1.02. The summed E-state index contributed by atoms with van der Waals surface area (Å²) in [5.74, 6) is -0.888. The Morgan fingerprint density at radius 3 is 2.44 bits per heavy atom. The van der Waals surface area contributed by atoms with Gasteiger partial charge in [0.05, 0.1) is 18.4 Å². The average molecular weight is 223 g/mol. The molecular weight excluding hydrogens is 210 g/mol. The van der Waals surface area contributed by atoms with E-state index < -0.39 is 5.97 Å². The van der Waals surface area contributed by atoms with E-state index in [1.54, 1.807) is 6.92 Å². The molecule has 5 heteroatoms. The van der Waals surface area contributed by atoms with Crippen molar-refractivity contribution in [2.75, 3.05) is 12.4 Å². The highest BCUT2D eigenvalue weighted by Crippen LogP contribution is 2.30. The normalized spacial score (nSPS) is 9.69. The lowest BCUT2D eigenvalue weighted by atomic mass is 10.1. The first-order chi connectivity index (χ1) is 7.47. The molecule has 0 radical (unpaired) electrons. The minimum Gasteiger partial charge on any atom is -0.494 e. The van der Waals surface area contributed by atoms with Crippen molar-refractivity contribution < 1.29 is 19.4 Å². The van der Waals surface area contributed by atoms with Crippen LogP contribution in [0.25, 0.3) is 0 Å². The minimum absolute atomic E-state index is 0.158. The summed E-state index contributed by atoms with van der Waals surface area (Å²) in [6.07, 6.45) is 0. The van der Waals surface area contributed by atoms with Gasteiger partial charge in [-0.1, -0.05) is 0 Å². The Hall–Kier alpha value is -2.04. The van der Waals surface area contributed by atoms with Crippen LogP contribution in [0.15, 0.2) is 12.1 Å². The molecule has 16 heavy (non-hydrogen) atoms. The molecule has 1 amide bonds. The number of benzene rings is 1. The zero-order valence-electron chi connectivity index (χ0n) is 9.33. The van der Waals surface area contributed by atoms with Gasteiger partial charge in [0.25, 0.3) is 0 Å². The van der Waals surface area contributed by atoms with E-state index in [9.17, 15) is 9.59 Å². The standard InChI is InChI=1S/C11H13NO4/c1-6-8(11(14)15)4-5-9(10(6)16-3)12-7(2)13/h4-5H,1-3H3,(H,12,13)(H,14,15). The number of ether oxygens (including phenoxy) is 1. The van der Waals surface area contributed by atoms with Gasteiger partial charge in [-0.15, -0.1) is 0 Å². The fourth-order valence-electron chi connectivity index (χ4n) is 1.47. The van der Waals surface area contributed by atoms with Gasteiger partial charge in [0.15, 0.2) is 0 Å². The predicted octanol–water partition coefficient (Wildman–Crippen LogP) is 1.66. The van der Waals surface area contributed by atoms with Crippen molar-refractivity contribution >= 4 is 17.6 Å². The molecular formula is C11H13NO4. The number of amides is 1. The van der Waals surface area contributed by atoms with Crippen molar-refractivity contribution in [2.24, 2.45) is 0 Å². The Balaban J connectivity index is 3.29. The average Bonchev–Trinajstić information content (AvgIpc) is 2.16. The summed E-state index contributed by atoms with van der Waals surface area (Å²) in [4.78, 5) is 21.8. The van der Waals surface area contributed by atoms with E-state index in [4.69, 9.17) is 9.84 Å². The maximum atomic E-state index is 10.9. The van der Waals surface area contributed by atoms with Gasteiger partial charge in [-0.05, 0) is 19.1 Å². The van der Waals surface area contributed by atoms with Gasteiger partial charge in [0.1, 0.15) is 5.75 Å². The predicted molar refractivity (Wildman–Crippen MR) is 59.0 cm³/mol. The smallest absolute Gasteiger partial charge is 0.336 e. The molecule has 0 saturated heterocycles. The number of hydrogen-bond acceptors (Lipinski definition) is 3. The summed E-state index contributed by atoms with van der Waals surface area (Å²) in [6.45, 7) is 3.01. The number of carbonyl (C=O) groups excluding carboxylic acids is 1. The molecule has 0 fully saturated rings. The SMILES string of the molecule is COc1c(NC(C)=O)ccc(C(=O)O)c1C. The number of hydrogen-bond donors (Lipinski definition) is 2. The molecule has 0 aliphatic heterocycles. The largest absolute Gasteiger partial charge is 0.494 e. The van der Waals surface area contributed by atoms with Crippen molar-refractivity contribution in [1.29, 1.82) is 0 Å². The lowest BCUT2D eigenvalue weighted by molar-refractivity contribution is -0.114. The molecule has 0 atom stereocenters. The molecule has 1 aromatic carbocycles. The van der Waals surface area contributed by atoms with Crippen LogP contribution in [0.4, 0.5) is 5.69 Å². The van der Waals surface area contributed by atoms with Crippen molar-refractivity contribution in [3.63, 3.8) is 0 Å². The monoisotopic (exact) mass is 223 g/mol. The summed E-state index contributed by atoms with van der Waals surface area (Å²) >= 11 is 0. The quantitative estimate of drug-likeness (QED) is 0.817. The number of carboxylic acids is 1. The first-order valence-electron chi connectivity index (χ1n) is 4.65. The van der Waals surface area contributed by atoms with Gasteiger partial charge < -0.3 is 15.2 Å². The molecule has 2 N–H and O–H groups in total. The summed E-state index contributed by atoms with van der Waals surface area (Å²) < 4.78 is 5.09. The Kier molecular flexibility index (Phi) is 3.50. The van der Waals surface area contributed by atoms with Gasteiger partial charge in [-0.3, -0.25) is 4.79 Å². The Bertz CT molecular complexity index is 440. The molecule has 0 saturated carbocycles. The molecule has 86 valence electrons. The number of carboxylic acid groups (broad SMARTS) is 1.